The fourth-order valence-corrected chi connectivity index (χ4v) is 2.07. The minimum absolute atomic E-state index is 0.144. The molecule has 0 aliphatic carbocycles. The van der Waals surface area contributed by atoms with Crippen LogP contribution in [0.2, 0.25) is 5.02 Å². The molecule has 6 heteroatoms. The third-order valence-corrected chi connectivity index (χ3v) is 3.47. The standard InChI is InChI=1S/C17H17ClN2O3/c1-3-23-14-7-4-12(5-8-14)11(2)19-20-16-10-13(17(21)22)6-9-15(16)18/h4-10,20H,3H2,1-2H3,(H,21,22)/b19-11-. The van der Waals surface area contributed by atoms with Crippen LogP contribution in [0, 0.1) is 0 Å². The van der Waals surface area contributed by atoms with Gasteiger partial charge in [-0.15, -0.1) is 0 Å². The highest BCUT2D eigenvalue weighted by Crippen LogP contribution is 2.23. The molecule has 0 aromatic heterocycles. The molecule has 0 radical (unpaired) electrons. The highest BCUT2D eigenvalue weighted by atomic mass is 35.5. The normalized spacial score (nSPS) is 11.2. The van der Waals surface area contributed by atoms with E-state index in [1.54, 1.807) is 0 Å². The molecule has 5 nitrogen and oxygen atoms in total. The summed E-state index contributed by atoms with van der Waals surface area (Å²) in [6.45, 7) is 4.39. The summed E-state index contributed by atoms with van der Waals surface area (Å²) in [5.74, 6) is -0.217. The molecule has 120 valence electrons. The van der Waals surface area contributed by atoms with Gasteiger partial charge in [0.1, 0.15) is 5.75 Å². The molecule has 0 fully saturated rings. The monoisotopic (exact) mass is 332 g/mol. The number of ether oxygens (including phenoxy) is 1. The van der Waals surface area contributed by atoms with Crippen LogP contribution in [0.1, 0.15) is 29.8 Å². The first-order valence-corrected chi connectivity index (χ1v) is 7.45. The van der Waals surface area contributed by atoms with E-state index in [-0.39, 0.29) is 5.56 Å². The zero-order valence-corrected chi connectivity index (χ0v) is 13.6. The van der Waals surface area contributed by atoms with Crippen molar-refractivity contribution in [2.75, 3.05) is 12.0 Å². The highest BCUT2D eigenvalue weighted by molar-refractivity contribution is 6.33. The predicted molar refractivity (Wildman–Crippen MR) is 91.9 cm³/mol. The van der Waals surface area contributed by atoms with Crippen molar-refractivity contribution < 1.29 is 14.6 Å². The Hall–Kier alpha value is -2.53. The second-order valence-corrected chi connectivity index (χ2v) is 5.17. The Morgan fingerprint density at radius 3 is 2.48 bits per heavy atom. The zero-order chi connectivity index (χ0) is 16.8. The van der Waals surface area contributed by atoms with Gasteiger partial charge < -0.3 is 9.84 Å². The van der Waals surface area contributed by atoms with Crippen LogP contribution in [0.25, 0.3) is 0 Å². The van der Waals surface area contributed by atoms with Crippen LogP contribution in [0.15, 0.2) is 47.6 Å². The van der Waals surface area contributed by atoms with E-state index in [1.807, 2.05) is 38.1 Å². The lowest BCUT2D eigenvalue weighted by Gasteiger charge is -2.07. The van der Waals surface area contributed by atoms with Crippen LogP contribution < -0.4 is 10.2 Å². The van der Waals surface area contributed by atoms with Crippen LogP contribution in [0.3, 0.4) is 0 Å². The number of hydrazone groups is 1. The summed E-state index contributed by atoms with van der Waals surface area (Å²) < 4.78 is 5.39. The summed E-state index contributed by atoms with van der Waals surface area (Å²) in [5.41, 5.74) is 5.06. The first kappa shape index (κ1) is 16.8. The van der Waals surface area contributed by atoms with Crippen molar-refractivity contribution in [3.63, 3.8) is 0 Å². The number of anilines is 1. The van der Waals surface area contributed by atoms with Crippen molar-refractivity contribution in [1.29, 1.82) is 0 Å². The lowest BCUT2D eigenvalue weighted by Crippen LogP contribution is -2.02. The molecule has 0 unspecified atom stereocenters. The molecule has 2 N–H and O–H groups in total. The summed E-state index contributed by atoms with van der Waals surface area (Å²) in [6.07, 6.45) is 0. The maximum absolute atomic E-state index is 11.0. The van der Waals surface area contributed by atoms with Gasteiger partial charge in [0.05, 0.1) is 28.6 Å². The SMILES string of the molecule is CCOc1ccc(/C(C)=N\Nc2cc(C(=O)O)ccc2Cl)cc1. The number of carbonyl (C=O) groups is 1. The van der Waals surface area contributed by atoms with Crippen molar-refractivity contribution in [1.82, 2.24) is 0 Å². The molecular weight excluding hydrogens is 316 g/mol. The average molecular weight is 333 g/mol. The minimum atomic E-state index is -1.02. The van der Waals surface area contributed by atoms with Crippen LogP contribution in [0.4, 0.5) is 5.69 Å². The Morgan fingerprint density at radius 2 is 1.87 bits per heavy atom. The summed E-state index contributed by atoms with van der Waals surface area (Å²) in [7, 11) is 0. The highest BCUT2D eigenvalue weighted by Gasteiger charge is 2.07. The number of carboxylic acid groups (broad SMARTS) is 1. The van der Waals surface area contributed by atoms with Gasteiger partial charge in [-0.25, -0.2) is 4.79 Å². The smallest absolute Gasteiger partial charge is 0.335 e. The number of benzene rings is 2. The number of nitrogens with zero attached hydrogens (tertiary/aromatic N) is 1. The summed E-state index contributed by atoms with van der Waals surface area (Å²) >= 11 is 6.04. The summed E-state index contributed by atoms with van der Waals surface area (Å²) in [6, 6.07) is 12.0. The van der Waals surface area contributed by atoms with E-state index in [0.717, 1.165) is 17.0 Å². The maximum atomic E-state index is 11.0. The quantitative estimate of drug-likeness (QED) is 0.612. The Balaban J connectivity index is 2.15. The Bertz CT molecular complexity index is 727. The molecule has 2 aromatic carbocycles. The molecule has 0 heterocycles. The van der Waals surface area contributed by atoms with Crippen molar-refractivity contribution in [3.8, 4) is 5.75 Å². The number of rotatable bonds is 6. The van der Waals surface area contributed by atoms with Gasteiger partial charge in [-0.2, -0.15) is 5.10 Å². The fraction of sp³-hybridized carbons (Fsp3) is 0.176. The van der Waals surface area contributed by atoms with Gasteiger partial charge in [-0.05, 0) is 61.9 Å². The number of halogens is 1. The number of nitrogens with one attached hydrogen (secondary N) is 1. The number of aromatic carboxylic acids is 1. The van der Waals surface area contributed by atoms with Gasteiger partial charge in [0.15, 0.2) is 0 Å². The maximum Gasteiger partial charge on any atom is 0.335 e. The average Bonchev–Trinajstić information content (AvgIpc) is 2.54. The Kier molecular flexibility index (Phi) is 5.60. The van der Waals surface area contributed by atoms with Crippen molar-refractivity contribution in [2.45, 2.75) is 13.8 Å². The minimum Gasteiger partial charge on any atom is -0.494 e. The largest absolute Gasteiger partial charge is 0.494 e. The Morgan fingerprint density at radius 1 is 1.22 bits per heavy atom. The predicted octanol–water partition coefficient (Wildman–Crippen LogP) is 4.27. The molecule has 23 heavy (non-hydrogen) atoms. The molecular formula is C17H17ClN2O3. The van der Waals surface area contributed by atoms with Crippen LogP contribution in [-0.4, -0.2) is 23.4 Å². The topological polar surface area (TPSA) is 70.9 Å². The van der Waals surface area contributed by atoms with E-state index in [4.69, 9.17) is 21.4 Å². The van der Waals surface area contributed by atoms with Gasteiger partial charge in [0.25, 0.3) is 0 Å². The molecule has 0 saturated heterocycles. The molecule has 0 atom stereocenters. The lowest BCUT2D eigenvalue weighted by molar-refractivity contribution is 0.0697. The molecule has 2 rings (SSSR count). The van der Waals surface area contributed by atoms with Gasteiger partial charge >= 0.3 is 5.97 Å². The molecule has 0 spiro atoms. The second-order valence-electron chi connectivity index (χ2n) is 4.77. The molecule has 0 saturated carbocycles. The number of hydrogen-bond acceptors (Lipinski definition) is 4. The second kappa shape index (κ2) is 7.65. The molecule has 0 aliphatic heterocycles. The van der Waals surface area contributed by atoms with Crippen molar-refractivity contribution in [3.05, 3.63) is 58.6 Å². The van der Waals surface area contributed by atoms with Gasteiger partial charge in [-0.1, -0.05) is 11.6 Å². The van der Waals surface area contributed by atoms with Gasteiger partial charge in [-0.3, -0.25) is 5.43 Å². The van der Waals surface area contributed by atoms with E-state index in [1.165, 1.54) is 18.2 Å². The number of carboxylic acids is 1. The molecule has 0 bridgehead atoms. The number of hydrogen-bond donors (Lipinski definition) is 2. The third-order valence-electron chi connectivity index (χ3n) is 3.14. The first-order valence-electron chi connectivity index (χ1n) is 7.07. The van der Waals surface area contributed by atoms with E-state index in [0.29, 0.717) is 17.3 Å². The fourth-order valence-electron chi connectivity index (χ4n) is 1.91. The van der Waals surface area contributed by atoms with Crippen LogP contribution >= 0.6 is 11.6 Å². The Labute approximate surface area is 139 Å². The first-order chi connectivity index (χ1) is 11.0. The van der Waals surface area contributed by atoms with Crippen LogP contribution in [0.5, 0.6) is 5.75 Å². The van der Waals surface area contributed by atoms with Crippen LogP contribution in [-0.2, 0) is 0 Å². The summed E-state index contributed by atoms with van der Waals surface area (Å²) in [4.78, 5) is 11.0. The molecule has 0 aliphatic rings. The van der Waals surface area contributed by atoms with E-state index in [9.17, 15) is 4.79 Å². The van der Waals surface area contributed by atoms with Crippen molar-refractivity contribution >= 4 is 29.0 Å². The lowest BCUT2D eigenvalue weighted by atomic mass is 10.1. The zero-order valence-electron chi connectivity index (χ0n) is 12.8. The third kappa shape index (κ3) is 4.47. The van der Waals surface area contributed by atoms with E-state index >= 15 is 0 Å². The van der Waals surface area contributed by atoms with Crippen molar-refractivity contribution in [2.24, 2.45) is 5.10 Å². The van der Waals surface area contributed by atoms with Gasteiger partial charge in [0, 0.05) is 0 Å². The van der Waals surface area contributed by atoms with E-state index in [2.05, 4.69) is 10.5 Å². The van der Waals surface area contributed by atoms with E-state index < -0.39 is 5.97 Å². The van der Waals surface area contributed by atoms with Gasteiger partial charge in [0.2, 0.25) is 0 Å². The summed E-state index contributed by atoms with van der Waals surface area (Å²) in [5, 5.41) is 13.7. The molecule has 0 amide bonds. The molecule has 2 aromatic rings.